The number of para-hydroxylation sites is 2. The largest absolute Gasteiger partial charge is 0.494 e. The van der Waals surface area contributed by atoms with Crippen LogP contribution in [0.15, 0.2) is 60.7 Å². The molecule has 0 atom stereocenters. The number of methoxy groups -OCH3 is 1. The minimum absolute atomic E-state index is 0.173. The normalized spacial score (nSPS) is 18.5. The van der Waals surface area contributed by atoms with Gasteiger partial charge in [0, 0.05) is 11.5 Å². The van der Waals surface area contributed by atoms with Crippen molar-refractivity contribution in [3.05, 3.63) is 66.4 Å². The van der Waals surface area contributed by atoms with Gasteiger partial charge in [0.25, 0.3) is 0 Å². The Morgan fingerprint density at radius 1 is 0.931 bits per heavy atom. The molecule has 0 spiro atoms. The molecule has 4 heteroatoms. The second-order valence-corrected chi connectivity index (χ2v) is 9.13. The van der Waals surface area contributed by atoms with Crippen molar-refractivity contribution in [2.75, 3.05) is 7.11 Å². The van der Waals surface area contributed by atoms with Crippen molar-refractivity contribution in [1.29, 1.82) is 0 Å². The highest BCUT2D eigenvalue weighted by Crippen LogP contribution is 2.44. The number of aromatic nitrogens is 2. The van der Waals surface area contributed by atoms with Crippen LogP contribution in [0.25, 0.3) is 16.9 Å². The highest BCUT2D eigenvalue weighted by molar-refractivity contribution is 5.64. The van der Waals surface area contributed by atoms with Crippen LogP contribution < -0.4 is 4.74 Å². The molecule has 1 saturated heterocycles. The zero-order valence-corrected chi connectivity index (χ0v) is 18.0. The minimum Gasteiger partial charge on any atom is -0.494 e. The average Bonchev–Trinajstić information content (AvgIpc) is 3.11. The molecule has 0 radical (unpaired) electrons. The van der Waals surface area contributed by atoms with Crippen LogP contribution in [0.2, 0.25) is 0 Å². The summed E-state index contributed by atoms with van der Waals surface area (Å²) in [5.74, 6) is 1.15. The van der Waals surface area contributed by atoms with Crippen LogP contribution in [0.5, 0.6) is 5.75 Å². The Balaban J connectivity index is 1.84. The average molecular weight is 391 g/mol. The fourth-order valence-electron chi connectivity index (χ4n) is 4.70. The van der Waals surface area contributed by atoms with Crippen molar-refractivity contribution < 1.29 is 9.47 Å². The molecule has 0 N–H and O–H groups in total. The molecule has 0 bridgehead atoms. The van der Waals surface area contributed by atoms with Gasteiger partial charge in [-0.05, 0) is 58.7 Å². The van der Waals surface area contributed by atoms with E-state index in [-0.39, 0.29) is 11.2 Å². The molecule has 2 heterocycles. The van der Waals surface area contributed by atoms with Gasteiger partial charge in [-0.1, -0.05) is 42.5 Å². The zero-order valence-electron chi connectivity index (χ0n) is 18.0. The lowest BCUT2D eigenvalue weighted by Gasteiger charge is -2.45. The molecule has 0 saturated carbocycles. The molecule has 4 nitrogen and oxygen atoms in total. The lowest BCUT2D eigenvalue weighted by atomic mass is 9.79. The van der Waals surface area contributed by atoms with E-state index < -0.39 is 0 Å². The Morgan fingerprint density at radius 2 is 1.55 bits per heavy atom. The zero-order chi connectivity index (χ0) is 20.6. The van der Waals surface area contributed by atoms with Crippen molar-refractivity contribution in [2.45, 2.75) is 57.7 Å². The molecule has 0 aliphatic carbocycles. The van der Waals surface area contributed by atoms with E-state index in [0.717, 1.165) is 41.2 Å². The van der Waals surface area contributed by atoms with Crippen molar-refractivity contribution in [1.82, 2.24) is 9.78 Å². The summed E-state index contributed by atoms with van der Waals surface area (Å²) in [6.07, 6.45) is 1.90. The molecule has 1 aliphatic heterocycles. The van der Waals surface area contributed by atoms with Gasteiger partial charge in [0.15, 0.2) is 0 Å². The number of ether oxygens (including phenoxy) is 2. The highest BCUT2D eigenvalue weighted by Gasteiger charge is 2.41. The van der Waals surface area contributed by atoms with Gasteiger partial charge < -0.3 is 9.47 Å². The van der Waals surface area contributed by atoms with Crippen molar-refractivity contribution >= 4 is 0 Å². The van der Waals surface area contributed by atoms with E-state index in [2.05, 4.69) is 64.1 Å². The van der Waals surface area contributed by atoms with Gasteiger partial charge in [-0.3, -0.25) is 0 Å². The summed E-state index contributed by atoms with van der Waals surface area (Å²) in [7, 11) is 1.70. The number of hydrogen-bond donors (Lipinski definition) is 0. The third kappa shape index (κ3) is 4.08. The molecule has 2 aromatic carbocycles. The van der Waals surface area contributed by atoms with E-state index in [1.54, 1.807) is 7.11 Å². The molecule has 4 rings (SSSR count). The molecule has 0 unspecified atom stereocenters. The lowest BCUT2D eigenvalue weighted by molar-refractivity contribution is -0.162. The monoisotopic (exact) mass is 390 g/mol. The third-order valence-electron chi connectivity index (χ3n) is 5.56. The summed E-state index contributed by atoms with van der Waals surface area (Å²) in [4.78, 5) is 0. The van der Waals surface area contributed by atoms with E-state index in [4.69, 9.17) is 14.6 Å². The van der Waals surface area contributed by atoms with Crippen molar-refractivity contribution in [3.63, 3.8) is 0 Å². The SMILES string of the molecule is COc1ccccc1-n1nc(C2CC(C)(C)OC(C)(C)C2)cc1-c1ccccc1. The van der Waals surface area contributed by atoms with E-state index in [1.807, 2.05) is 28.9 Å². The van der Waals surface area contributed by atoms with E-state index >= 15 is 0 Å². The summed E-state index contributed by atoms with van der Waals surface area (Å²) in [5, 5.41) is 5.10. The predicted molar refractivity (Wildman–Crippen MR) is 117 cm³/mol. The molecule has 29 heavy (non-hydrogen) atoms. The number of nitrogens with zero attached hydrogens (tertiary/aromatic N) is 2. The van der Waals surface area contributed by atoms with Crippen LogP contribution in [-0.4, -0.2) is 28.1 Å². The standard InChI is InChI=1S/C25H30N2O2/c1-24(2)16-19(17-25(3,4)29-24)20-15-22(18-11-7-6-8-12-18)27(26-20)21-13-9-10-14-23(21)28-5/h6-15,19H,16-17H2,1-5H3. The Labute approximate surface area is 173 Å². The Hall–Kier alpha value is -2.59. The van der Waals surface area contributed by atoms with Gasteiger partial charge in [0.05, 0.1) is 29.7 Å². The van der Waals surface area contributed by atoms with Crippen LogP contribution in [-0.2, 0) is 4.74 Å². The minimum atomic E-state index is -0.173. The van der Waals surface area contributed by atoms with Crippen molar-refractivity contribution in [2.24, 2.45) is 0 Å². The Morgan fingerprint density at radius 3 is 2.21 bits per heavy atom. The van der Waals surface area contributed by atoms with Gasteiger partial charge in [-0.15, -0.1) is 0 Å². The molecule has 1 fully saturated rings. The van der Waals surface area contributed by atoms with Crippen LogP contribution in [0.1, 0.15) is 52.1 Å². The summed E-state index contributed by atoms with van der Waals surface area (Å²) in [5.41, 5.74) is 3.93. The van der Waals surface area contributed by atoms with Gasteiger partial charge in [-0.25, -0.2) is 4.68 Å². The first kappa shape index (κ1) is 19.7. The predicted octanol–water partition coefficient (Wildman–Crippen LogP) is 6.00. The van der Waals surface area contributed by atoms with Crippen molar-refractivity contribution in [3.8, 4) is 22.7 Å². The summed E-state index contributed by atoms with van der Waals surface area (Å²) in [6, 6.07) is 20.7. The van der Waals surface area contributed by atoms with Gasteiger partial charge in [0.1, 0.15) is 11.4 Å². The number of rotatable bonds is 4. The lowest BCUT2D eigenvalue weighted by Crippen LogP contribution is -2.44. The summed E-state index contributed by atoms with van der Waals surface area (Å²) >= 11 is 0. The first-order valence-electron chi connectivity index (χ1n) is 10.3. The molecule has 1 aromatic heterocycles. The highest BCUT2D eigenvalue weighted by atomic mass is 16.5. The molecular formula is C25H30N2O2. The fraction of sp³-hybridized carbons (Fsp3) is 0.400. The summed E-state index contributed by atoms with van der Waals surface area (Å²) < 4.78 is 14.0. The molecular weight excluding hydrogens is 360 g/mol. The second kappa shape index (κ2) is 7.34. The van der Waals surface area contributed by atoms with E-state index in [0.29, 0.717) is 5.92 Å². The quantitative estimate of drug-likeness (QED) is 0.548. The summed E-state index contributed by atoms with van der Waals surface area (Å²) in [6.45, 7) is 8.71. The van der Waals surface area contributed by atoms with Gasteiger partial charge in [-0.2, -0.15) is 5.10 Å². The number of hydrogen-bond acceptors (Lipinski definition) is 3. The first-order chi connectivity index (χ1) is 13.8. The molecule has 0 amide bonds. The topological polar surface area (TPSA) is 36.3 Å². The maximum absolute atomic E-state index is 6.30. The van der Waals surface area contributed by atoms with Crippen LogP contribution in [0.4, 0.5) is 0 Å². The van der Waals surface area contributed by atoms with Crippen LogP contribution in [0.3, 0.4) is 0 Å². The number of benzene rings is 2. The van der Waals surface area contributed by atoms with Gasteiger partial charge >= 0.3 is 0 Å². The van der Waals surface area contributed by atoms with E-state index in [1.165, 1.54) is 0 Å². The third-order valence-corrected chi connectivity index (χ3v) is 5.56. The fourth-order valence-corrected chi connectivity index (χ4v) is 4.70. The maximum Gasteiger partial charge on any atom is 0.144 e. The molecule has 3 aromatic rings. The maximum atomic E-state index is 6.30. The second-order valence-electron chi connectivity index (χ2n) is 9.13. The Bertz CT molecular complexity index is 973. The molecule has 152 valence electrons. The molecule has 1 aliphatic rings. The smallest absolute Gasteiger partial charge is 0.144 e. The van der Waals surface area contributed by atoms with Gasteiger partial charge in [0.2, 0.25) is 0 Å². The first-order valence-corrected chi connectivity index (χ1v) is 10.3. The van der Waals surface area contributed by atoms with Crippen LogP contribution >= 0.6 is 0 Å². The van der Waals surface area contributed by atoms with E-state index in [9.17, 15) is 0 Å². The Kier molecular flexibility index (Phi) is 4.99. The van der Waals surface area contributed by atoms with Crippen LogP contribution in [0, 0.1) is 0 Å².